The van der Waals surface area contributed by atoms with Crippen LogP contribution in [0.5, 0.6) is 0 Å². The minimum absolute atomic E-state index is 0.00294. The fourth-order valence-electron chi connectivity index (χ4n) is 1.42. The smallest absolute Gasteiger partial charge is 0.139 e. The van der Waals surface area contributed by atoms with E-state index in [4.69, 9.17) is 11.6 Å². The van der Waals surface area contributed by atoms with Crippen molar-refractivity contribution in [2.24, 2.45) is 5.41 Å². The molecule has 1 unspecified atom stereocenters. The number of alkyl halides is 1. The SMILES string of the molecule is CCC(C=CC(C)Cl)(CC)C(C)=O. The first kappa shape index (κ1) is 12.7. The van der Waals surface area contributed by atoms with E-state index in [9.17, 15) is 4.79 Å². The molecule has 0 bridgehead atoms. The molecule has 0 heterocycles. The summed E-state index contributed by atoms with van der Waals surface area (Å²) in [7, 11) is 0. The van der Waals surface area contributed by atoms with Crippen molar-refractivity contribution in [1.29, 1.82) is 0 Å². The van der Waals surface area contributed by atoms with E-state index in [1.807, 2.05) is 32.9 Å². The summed E-state index contributed by atoms with van der Waals surface area (Å²) in [4.78, 5) is 11.4. The Kier molecular flexibility index (Phi) is 5.31. The van der Waals surface area contributed by atoms with Gasteiger partial charge in [0, 0.05) is 10.8 Å². The zero-order valence-electron chi connectivity index (χ0n) is 8.93. The lowest BCUT2D eigenvalue weighted by atomic mass is 9.78. The van der Waals surface area contributed by atoms with Gasteiger partial charge < -0.3 is 0 Å². The van der Waals surface area contributed by atoms with Gasteiger partial charge in [0.2, 0.25) is 0 Å². The molecule has 0 N–H and O–H groups in total. The van der Waals surface area contributed by atoms with E-state index in [0.717, 1.165) is 12.8 Å². The van der Waals surface area contributed by atoms with Gasteiger partial charge in [-0.2, -0.15) is 0 Å². The second kappa shape index (κ2) is 5.43. The van der Waals surface area contributed by atoms with E-state index >= 15 is 0 Å². The van der Waals surface area contributed by atoms with E-state index in [1.54, 1.807) is 6.92 Å². The molecule has 0 saturated carbocycles. The van der Waals surface area contributed by atoms with Crippen molar-refractivity contribution in [2.75, 3.05) is 0 Å². The van der Waals surface area contributed by atoms with Crippen LogP contribution in [0.3, 0.4) is 0 Å². The van der Waals surface area contributed by atoms with E-state index in [1.165, 1.54) is 0 Å². The van der Waals surface area contributed by atoms with Crippen LogP contribution in [0.15, 0.2) is 12.2 Å². The Hall–Kier alpha value is -0.300. The molecule has 0 saturated heterocycles. The third-order valence-corrected chi connectivity index (χ3v) is 2.79. The lowest BCUT2D eigenvalue weighted by Crippen LogP contribution is -2.25. The van der Waals surface area contributed by atoms with Gasteiger partial charge in [-0.25, -0.2) is 0 Å². The molecule has 0 aromatic heterocycles. The number of Topliss-reactive ketones (excluding diaryl/α,β-unsaturated/α-hetero) is 1. The average Bonchev–Trinajstić information content (AvgIpc) is 2.06. The third kappa shape index (κ3) is 3.51. The Morgan fingerprint density at radius 3 is 2.15 bits per heavy atom. The molecule has 13 heavy (non-hydrogen) atoms. The van der Waals surface area contributed by atoms with Crippen LogP contribution in [0.2, 0.25) is 0 Å². The Labute approximate surface area is 86.2 Å². The molecule has 0 radical (unpaired) electrons. The van der Waals surface area contributed by atoms with Crippen LogP contribution in [-0.2, 0) is 4.79 Å². The van der Waals surface area contributed by atoms with Crippen molar-refractivity contribution >= 4 is 17.4 Å². The molecule has 0 amide bonds. The van der Waals surface area contributed by atoms with Crippen LogP contribution in [0.1, 0.15) is 40.5 Å². The fourth-order valence-corrected chi connectivity index (χ4v) is 1.49. The number of hydrogen-bond acceptors (Lipinski definition) is 1. The third-order valence-electron chi connectivity index (χ3n) is 2.64. The number of halogens is 1. The normalized spacial score (nSPS) is 14.8. The summed E-state index contributed by atoms with van der Waals surface area (Å²) in [6.45, 7) is 7.62. The maximum atomic E-state index is 11.4. The summed E-state index contributed by atoms with van der Waals surface area (Å²) >= 11 is 5.80. The minimum atomic E-state index is -0.289. The van der Waals surface area contributed by atoms with Crippen molar-refractivity contribution in [1.82, 2.24) is 0 Å². The molecule has 76 valence electrons. The first-order chi connectivity index (χ1) is 5.98. The van der Waals surface area contributed by atoms with Crippen LogP contribution in [0.25, 0.3) is 0 Å². The number of carbonyl (C=O) groups excluding carboxylic acids is 1. The van der Waals surface area contributed by atoms with Crippen LogP contribution < -0.4 is 0 Å². The number of allylic oxidation sites excluding steroid dienone is 2. The molecule has 0 aliphatic heterocycles. The molecule has 0 aliphatic carbocycles. The minimum Gasteiger partial charge on any atom is -0.299 e. The second-order valence-electron chi connectivity index (χ2n) is 3.46. The van der Waals surface area contributed by atoms with Gasteiger partial charge >= 0.3 is 0 Å². The van der Waals surface area contributed by atoms with Crippen molar-refractivity contribution < 1.29 is 4.79 Å². The van der Waals surface area contributed by atoms with Crippen molar-refractivity contribution in [2.45, 2.75) is 45.9 Å². The Bertz CT molecular complexity index is 190. The molecule has 0 aliphatic rings. The van der Waals surface area contributed by atoms with Crippen LogP contribution in [0.4, 0.5) is 0 Å². The quantitative estimate of drug-likeness (QED) is 0.492. The van der Waals surface area contributed by atoms with Crippen LogP contribution in [-0.4, -0.2) is 11.2 Å². The van der Waals surface area contributed by atoms with Gasteiger partial charge in [0.15, 0.2) is 0 Å². The first-order valence-corrected chi connectivity index (χ1v) is 5.26. The van der Waals surface area contributed by atoms with Gasteiger partial charge in [0.25, 0.3) is 0 Å². The summed E-state index contributed by atoms with van der Waals surface area (Å²) in [5, 5.41) is -0.00294. The predicted octanol–water partition coefficient (Wildman–Crippen LogP) is 3.57. The van der Waals surface area contributed by atoms with E-state index in [-0.39, 0.29) is 16.6 Å². The van der Waals surface area contributed by atoms with Crippen molar-refractivity contribution in [3.8, 4) is 0 Å². The Balaban J connectivity index is 4.68. The zero-order chi connectivity index (χ0) is 10.5. The molecule has 0 aromatic carbocycles. The largest absolute Gasteiger partial charge is 0.299 e. The molecular weight excluding hydrogens is 184 g/mol. The van der Waals surface area contributed by atoms with E-state index in [2.05, 4.69) is 0 Å². The molecule has 0 rings (SSSR count). The predicted molar refractivity (Wildman–Crippen MR) is 58.2 cm³/mol. The molecule has 0 aromatic rings. The van der Waals surface area contributed by atoms with Crippen LogP contribution >= 0.6 is 11.6 Å². The molecule has 0 spiro atoms. The van der Waals surface area contributed by atoms with Crippen molar-refractivity contribution in [3.05, 3.63) is 12.2 Å². The lowest BCUT2D eigenvalue weighted by molar-refractivity contribution is -0.124. The standard InChI is InChI=1S/C11H19ClO/c1-5-11(6-2,10(4)13)8-7-9(3)12/h7-9H,5-6H2,1-4H3. The number of hydrogen-bond donors (Lipinski definition) is 0. The maximum absolute atomic E-state index is 11.4. The average molecular weight is 203 g/mol. The van der Waals surface area contributed by atoms with Gasteiger partial charge in [0.05, 0.1) is 0 Å². The number of ketones is 1. The van der Waals surface area contributed by atoms with Gasteiger partial charge in [0.1, 0.15) is 5.78 Å². The summed E-state index contributed by atoms with van der Waals surface area (Å²) in [6, 6.07) is 0. The van der Waals surface area contributed by atoms with E-state index < -0.39 is 0 Å². The first-order valence-electron chi connectivity index (χ1n) is 4.83. The number of carbonyl (C=O) groups is 1. The maximum Gasteiger partial charge on any atom is 0.139 e. The second-order valence-corrected chi connectivity index (χ2v) is 4.14. The molecule has 0 fully saturated rings. The number of rotatable bonds is 5. The van der Waals surface area contributed by atoms with Gasteiger partial charge in [-0.05, 0) is 26.7 Å². The van der Waals surface area contributed by atoms with Gasteiger partial charge in [-0.3, -0.25) is 4.79 Å². The highest BCUT2D eigenvalue weighted by atomic mass is 35.5. The van der Waals surface area contributed by atoms with Crippen molar-refractivity contribution in [3.63, 3.8) is 0 Å². The summed E-state index contributed by atoms with van der Waals surface area (Å²) in [5.41, 5.74) is -0.289. The van der Waals surface area contributed by atoms with Gasteiger partial charge in [-0.1, -0.05) is 26.0 Å². The Morgan fingerprint density at radius 2 is 1.92 bits per heavy atom. The zero-order valence-corrected chi connectivity index (χ0v) is 9.69. The molecule has 1 nitrogen and oxygen atoms in total. The summed E-state index contributed by atoms with van der Waals surface area (Å²) < 4.78 is 0. The highest BCUT2D eigenvalue weighted by molar-refractivity contribution is 6.21. The summed E-state index contributed by atoms with van der Waals surface area (Å²) in [6.07, 6.45) is 5.56. The Morgan fingerprint density at radius 1 is 1.46 bits per heavy atom. The fraction of sp³-hybridized carbons (Fsp3) is 0.727. The molecule has 1 atom stereocenters. The van der Waals surface area contributed by atoms with Gasteiger partial charge in [-0.15, -0.1) is 11.6 Å². The lowest BCUT2D eigenvalue weighted by Gasteiger charge is -2.24. The van der Waals surface area contributed by atoms with Crippen LogP contribution in [0, 0.1) is 5.41 Å². The monoisotopic (exact) mass is 202 g/mol. The van der Waals surface area contributed by atoms with E-state index in [0.29, 0.717) is 0 Å². The topological polar surface area (TPSA) is 17.1 Å². The summed E-state index contributed by atoms with van der Waals surface area (Å²) in [5.74, 6) is 0.228. The molecule has 2 heteroatoms. The highest BCUT2D eigenvalue weighted by Gasteiger charge is 2.27. The molecular formula is C11H19ClO. The highest BCUT2D eigenvalue weighted by Crippen LogP contribution is 2.29.